The van der Waals surface area contributed by atoms with Crippen LogP contribution in [0.4, 0.5) is 0 Å². The summed E-state index contributed by atoms with van der Waals surface area (Å²) < 4.78 is 0. The summed E-state index contributed by atoms with van der Waals surface area (Å²) in [7, 11) is 0. The standard InChI is InChI=1S/C8H18N2O2/c1-5(2)7(9)8(12)10-4-6(3)11/h5-7,11H,4,9H2,1-3H3,(H,10,12)/t6-,7+/m0/s1. The smallest absolute Gasteiger partial charge is 0.237 e. The van der Waals surface area contributed by atoms with Crippen molar-refractivity contribution in [1.82, 2.24) is 5.32 Å². The maximum absolute atomic E-state index is 11.1. The Labute approximate surface area is 73.1 Å². The lowest BCUT2D eigenvalue weighted by Crippen LogP contribution is -2.45. The van der Waals surface area contributed by atoms with Gasteiger partial charge in [-0.05, 0) is 12.8 Å². The van der Waals surface area contributed by atoms with Crippen LogP contribution >= 0.6 is 0 Å². The van der Waals surface area contributed by atoms with Crippen LogP contribution < -0.4 is 11.1 Å². The molecule has 0 rings (SSSR count). The maximum atomic E-state index is 11.1. The minimum absolute atomic E-state index is 0.124. The van der Waals surface area contributed by atoms with Gasteiger partial charge in [-0.2, -0.15) is 0 Å². The van der Waals surface area contributed by atoms with Gasteiger partial charge >= 0.3 is 0 Å². The normalized spacial score (nSPS) is 15.8. The van der Waals surface area contributed by atoms with Crippen molar-refractivity contribution in [2.45, 2.75) is 32.9 Å². The van der Waals surface area contributed by atoms with Crippen LogP contribution in [-0.4, -0.2) is 29.7 Å². The highest BCUT2D eigenvalue weighted by Gasteiger charge is 2.16. The largest absolute Gasteiger partial charge is 0.392 e. The molecule has 0 aliphatic rings. The Morgan fingerprint density at radius 2 is 2.00 bits per heavy atom. The fraction of sp³-hybridized carbons (Fsp3) is 0.875. The molecule has 72 valence electrons. The molecular formula is C8H18N2O2. The van der Waals surface area contributed by atoms with Crippen LogP contribution in [0.2, 0.25) is 0 Å². The summed E-state index contributed by atoms with van der Waals surface area (Å²) in [5, 5.41) is 11.4. The molecule has 0 bridgehead atoms. The highest BCUT2D eigenvalue weighted by Crippen LogP contribution is 1.97. The fourth-order valence-electron chi connectivity index (χ4n) is 0.669. The molecule has 0 spiro atoms. The summed E-state index contributed by atoms with van der Waals surface area (Å²) in [6, 6.07) is -0.483. The Kier molecular flexibility index (Phi) is 4.85. The van der Waals surface area contributed by atoms with Gasteiger partial charge in [0, 0.05) is 6.54 Å². The summed E-state index contributed by atoms with van der Waals surface area (Å²) in [6.45, 7) is 5.64. The summed E-state index contributed by atoms with van der Waals surface area (Å²) in [5.41, 5.74) is 5.55. The molecule has 4 heteroatoms. The van der Waals surface area contributed by atoms with Gasteiger partial charge in [-0.25, -0.2) is 0 Å². The highest BCUT2D eigenvalue weighted by molar-refractivity contribution is 5.81. The molecule has 0 aromatic heterocycles. The molecule has 0 saturated carbocycles. The lowest BCUT2D eigenvalue weighted by Gasteiger charge is -2.15. The van der Waals surface area contributed by atoms with Gasteiger partial charge in [0.1, 0.15) is 0 Å². The van der Waals surface area contributed by atoms with Crippen molar-refractivity contribution >= 4 is 5.91 Å². The van der Waals surface area contributed by atoms with E-state index in [0.717, 1.165) is 0 Å². The molecule has 1 amide bonds. The van der Waals surface area contributed by atoms with Crippen LogP contribution in [0, 0.1) is 5.92 Å². The van der Waals surface area contributed by atoms with Crippen molar-refractivity contribution in [3.8, 4) is 0 Å². The molecule has 0 radical (unpaired) electrons. The second-order valence-corrected chi connectivity index (χ2v) is 3.36. The Hall–Kier alpha value is -0.610. The van der Waals surface area contributed by atoms with Gasteiger partial charge in [-0.1, -0.05) is 13.8 Å². The Balaban J connectivity index is 3.72. The SMILES string of the molecule is CC(C)[C@@H](N)C(=O)NC[C@H](C)O. The van der Waals surface area contributed by atoms with Crippen molar-refractivity contribution < 1.29 is 9.90 Å². The third kappa shape index (κ3) is 4.31. The monoisotopic (exact) mass is 174 g/mol. The van der Waals surface area contributed by atoms with Gasteiger partial charge in [0.05, 0.1) is 12.1 Å². The number of hydrogen-bond acceptors (Lipinski definition) is 3. The zero-order chi connectivity index (χ0) is 9.72. The summed E-state index contributed by atoms with van der Waals surface area (Å²) >= 11 is 0. The number of hydrogen-bond donors (Lipinski definition) is 3. The minimum atomic E-state index is -0.520. The number of carbonyl (C=O) groups is 1. The van der Waals surface area contributed by atoms with Gasteiger partial charge in [0.25, 0.3) is 0 Å². The predicted octanol–water partition coefficient (Wildman–Crippen LogP) is -0.533. The number of amides is 1. The van der Waals surface area contributed by atoms with Crippen molar-refractivity contribution in [3.63, 3.8) is 0 Å². The second-order valence-electron chi connectivity index (χ2n) is 3.36. The Morgan fingerprint density at radius 3 is 2.33 bits per heavy atom. The average molecular weight is 174 g/mol. The van der Waals surface area contributed by atoms with Gasteiger partial charge < -0.3 is 16.2 Å². The van der Waals surface area contributed by atoms with Gasteiger partial charge in [0.2, 0.25) is 5.91 Å². The van der Waals surface area contributed by atoms with E-state index in [0.29, 0.717) is 0 Å². The molecular weight excluding hydrogens is 156 g/mol. The number of rotatable bonds is 4. The van der Waals surface area contributed by atoms with E-state index in [1.54, 1.807) is 6.92 Å². The molecule has 0 aliphatic carbocycles. The second kappa shape index (κ2) is 5.11. The van der Waals surface area contributed by atoms with Crippen LogP contribution in [0.25, 0.3) is 0 Å². The molecule has 0 unspecified atom stereocenters. The van der Waals surface area contributed by atoms with Crippen LogP contribution in [0.1, 0.15) is 20.8 Å². The zero-order valence-electron chi connectivity index (χ0n) is 7.87. The molecule has 2 atom stereocenters. The van der Waals surface area contributed by atoms with Gasteiger partial charge in [-0.15, -0.1) is 0 Å². The number of carbonyl (C=O) groups excluding carboxylic acids is 1. The number of nitrogens with one attached hydrogen (secondary N) is 1. The molecule has 0 fully saturated rings. The van der Waals surface area contributed by atoms with E-state index in [9.17, 15) is 4.79 Å². The third-order valence-electron chi connectivity index (χ3n) is 1.59. The number of nitrogens with two attached hydrogens (primary N) is 1. The molecule has 12 heavy (non-hydrogen) atoms. The highest BCUT2D eigenvalue weighted by atomic mass is 16.3. The van der Waals surface area contributed by atoms with E-state index >= 15 is 0 Å². The van der Waals surface area contributed by atoms with Crippen molar-refractivity contribution in [1.29, 1.82) is 0 Å². The first-order chi connectivity index (χ1) is 5.45. The first-order valence-corrected chi connectivity index (χ1v) is 4.16. The molecule has 0 aromatic rings. The van der Waals surface area contributed by atoms with Crippen molar-refractivity contribution in [3.05, 3.63) is 0 Å². The summed E-state index contributed by atoms with van der Waals surface area (Å²) in [4.78, 5) is 11.1. The maximum Gasteiger partial charge on any atom is 0.237 e. The topological polar surface area (TPSA) is 75.4 Å². The van der Waals surface area contributed by atoms with Crippen LogP contribution in [-0.2, 0) is 4.79 Å². The molecule has 0 aliphatic heterocycles. The van der Waals surface area contributed by atoms with Crippen LogP contribution in [0.15, 0.2) is 0 Å². The average Bonchev–Trinajstić information content (AvgIpc) is 1.98. The van der Waals surface area contributed by atoms with E-state index < -0.39 is 12.1 Å². The molecule has 0 aromatic carbocycles. The Morgan fingerprint density at radius 1 is 1.50 bits per heavy atom. The molecule has 0 heterocycles. The van der Waals surface area contributed by atoms with Crippen molar-refractivity contribution in [2.24, 2.45) is 11.7 Å². The lowest BCUT2D eigenvalue weighted by molar-refractivity contribution is -0.123. The predicted molar refractivity (Wildman–Crippen MR) is 47.5 cm³/mol. The quantitative estimate of drug-likeness (QED) is 0.536. The molecule has 4 nitrogen and oxygen atoms in total. The van der Waals surface area contributed by atoms with Crippen molar-refractivity contribution in [2.75, 3.05) is 6.54 Å². The first-order valence-electron chi connectivity index (χ1n) is 4.16. The summed E-state index contributed by atoms with van der Waals surface area (Å²) in [5.74, 6) is -0.0788. The van der Waals surface area contributed by atoms with E-state index in [4.69, 9.17) is 10.8 Å². The summed E-state index contributed by atoms with van der Waals surface area (Å²) in [6.07, 6.45) is -0.520. The molecule has 4 N–H and O–H groups in total. The van der Waals surface area contributed by atoms with Gasteiger partial charge in [-0.3, -0.25) is 4.79 Å². The van der Waals surface area contributed by atoms with Gasteiger partial charge in [0.15, 0.2) is 0 Å². The lowest BCUT2D eigenvalue weighted by atomic mass is 10.1. The first kappa shape index (κ1) is 11.4. The molecule has 0 saturated heterocycles. The number of aliphatic hydroxyl groups excluding tert-OH is 1. The van der Waals surface area contributed by atoms with E-state index in [-0.39, 0.29) is 18.4 Å². The minimum Gasteiger partial charge on any atom is -0.392 e. The Bertz CT molecular complexity index is 146. The van der Waals surface area contributed by atoms with E-state index in [1.165, 1.54) is 0 Å². The third-order valence-corrected chi connectivity index (χ3v) is 1.59. The van der Waals surface area contributed by atoms with E-state index in [1.807, 2.05) is 13.8 Å². The van der Waals surface area contributed by atoms with Crippen LogP contribution in [0.5, 0.6) is 0 Å². The fourth-order valence-corrected chi connectivity index (χ4v) is 0.669. The van der Waals surface area contributed by atoms with Crippen LogP contribution in [0.3, 0.4) is 0 Å². The zero-order valence-corrected chi connectivity index (χ0v) is 7.87. The van der Waals surface area contributed by atoms with E-state index in [2.05, 4.69) is 5.32 Å². The number of aliphatic hydroxyl groups is 1.